The molecule has 2 heterocycles. The molecule has 8 nitrogen and oxygen atoms in total. The lowest BCUT2D eigenvalue weighted by molar-refractivity contribution is 0.324. The molecule has 0 amide bonds. The monoisotopic (exact) mass is 615 g/mol. The highest BCUT2D eigenvalue weighted by Crippen LogP contribution is 2.40. The van der Waals surface area contributed by atoms with Crippen LogP contribution in [-0.4, -0.2) is 65.2 Å². The molecule has 0 N–H and O–H groups in total. The normalized spacial score (nSPS) is 14.7. The summed E-state index contributed by atoms with van der Waals surface area (Å²) in [7, 11) is 1.14. The summed E-state index contributed by atoms with van der Waals surface area (Å²) in [4.78, 5) is 7.58. The first kappa shape index (κ1) is 32.1. The van der Waals surface area contributed by atoms with E-state index in [1.807, 2.05) is 12.1 Å². The van der Waals surface area contributed by atoms with Crippen molar-refractivity contribution in [1.82, 2.24) is 9.29 Å². The van der Waals surface area contributed by atoms with Crippen molar-refractivity contribution in [3.63, 3.8) is 0 Å². The maximum absolute atomic E-state index is 14.2. The average Bonchev–Trinajstić information content (AvgIpc) is 3.44. The number of benzene rings is 2. The first-order valence-corrected chi connectivity index (χ1v) is 16.9. The van der Waals surface area contributed by atoms with Gasteiger partial charge in [-0.15, -0.1) is 11.3 Å². The fourth-order valence-electron chi connectivity index (χ4n) is 5.41. The standard InChI is InChI=1S/C32H45N3O5S2/c1-20(2)24-17-26(21(3)4)31(27(18-24)22(5)6)42(36,37)35-12-10-34(11-13-35)32-33-25(19-41-32)14-23-15-28(38-7)30(40-9)29(16-23)39-8/h15-22H,10-14H2,1-9H3. The van der Waals surface area contributed by atoms with Crippen LogP contribution in [0.25, 0.3) is 0 Å². The zero-order chi connectivity index (χ0) is 30.8. The largest absolute Gasteiger partial charge is 0.493 e. The van der Waals surface area contributed by atoms with Crippen LogP contribution in [0.5, 0.6) is 17.2 Å². The van der Waals surface area contributed by atoms with Crippen molar-refractivity contribution in [2.45, 2.75) is 70.6 Å². The van der Waals surface area contributed by atoms with E-state index in [4.69, 9.17) is 19.2 Å². The van der Waals surface area contributed by atoms with Gasteiger partial charge in [0.1, 0.15) is 0 Å². The molecule has 10 heteroatoms. The van der Waals surface area contributed by atoms with Crippen molar-refractivity contribution >= 4 is 26.5 Å². The molecule has 0 bridgehead atoms. The molecule has 42 heavy (non-hydrogen) atoms. The Morgan fingerprint density at radius 3 is 1.81 bits per heavy atom. The SMILES string of the molecule is COc1cc(Cc2csc(N3CCN(S(=O)(=O)c4c(C(C)C)cc(C(C)C)cc4C(C)C)CC3)n2)cc(OC)c1OC. The van der Waals surface area contributed by atoms with Gasteiger partial charge in [-0.05, 0) is 52.1 Å². The van der Waals surface area contributed by atoms with E-state index in [0.717, 1.165) is 27.5 Å². The van der Waals surface area contributed by atoms with Crippen molar-refractivity contribution in [3.05, 3.63) is 57.6 Å². The molecule has 0 atom stereocenters. The van der Waals surface area contributed by atoms with Gasteiger partial charge in [0.2, 0.25) is 15.8 Å². The Kier molecular flexibility index (Phi) is 10.1. The van der Waals surface area contributed by atoms with Gasteiger partial charge in [-0.25, -0.2) is 13.4 Å². The number of hydrogen-bond acceptors (Lipinski definition) is 8. The van der Waals surface area contributed by atoms with Crippen molar-refractivity contribution in [3.8, 4) is 17.2 Å². The minimum absolute atomic E-state index is 0.103. The number of rotatable bonds is 11. The lowest BCUT2D eigenvalue weighted by Crippen LogP contribution is -2.49. The molecule has 4 rings (SSSR count). The molecule has 1 aliphatic heterocycles. The predicted octanol–water partition coefficient (Wildman–Crippen LogP) is 6.64. The first-order valence-electron chi connectivity index (χ1n) is 14.6. The third kappa shape index (κ3) is 6.55. The van der Waals surface area contributed by atoms with Crippen LogP contribution in [0.4, 0.5) is 5.13 Å². The van der Waals surface area contributed by atoms with Gasteiger partial charge >= 0.3 is 0 Å². The molecule has 0 radical (unpaired) electrons. The lowest BCUT2D eigenvalue weighted by atomic mass is 9.89. The summed E-state index contributed by atoms with van der Waals surface area (Å²) in [6.07, 6.45) is 0.615. The molecule has 0 saturated carbocycles. The molecule has 0 aliphatic carbocycles. The molecule has 1 fully saturated rings. The lowest BCUT2D eigenvalue weighted by Gasteiger charge is -2.35. The molecule has 2 aromatic carbocycles. The van der Waals surface area contributed by atoms with E-state index in [1.54, 1.807) is 37.0 Å². The van der Waals surface area contributed by atoms with Crippen LogP contribution in [0.2, 0.25) is 0 Å². The van der Waals surface area contributed by atoms with Gasteiger partial charge in [-0.3, -0.25) is 0 Å². The Labute approximate surface area is 255 Å². The van der Waals surface area contributed by atoms with Gasteiger partial charge in [0, 0.05) is 38.0 Å². The number of methoxy groups -OCH3 is 3. The van der Waals surface area contributed by atoms with Crippen molar-refractivity contribution in [2.24, 2.45) is 0 Å². The second kappa shape index (κ2) is 13.2. The van der Waals surface area contributed by atoms with Crippen LogP contribution < -0.4 is 19.1 Å². The molecule has 0 spiro atoms. The number of ether oxygens (including phenoxy) is 3. The van der Waals surface area contributed by atoms with E-state index in [9.17, 15) is 8.42 Å². The Hall–Kier alpha value is -2.82. The van der Waals surface area contributed by atoms with Crippen LogP contribution in [-0.2, 0) is 16.4 Å². The van der Waals surface area contributed by atoms with E-state index in [2.05, 4.69) is 64.0 Å². The highest BCUT2D eigenvalue weighted by molar-refractivity contribution is 7.89. The Balaban J connectivity index is 1.52. The fourth-order valence-corrected chi connectivity index (χ4v) is 8.37. The Morgan fingerprint density at radius 1 is 0.810 bits per heavy atom. The van der Waals surface area contributed by atoms with Crippen LogP contribution >= 0.6 is 11.3 Å². The quantitative estimate of drug-likeness (QED) is 0.239. The van der Waals surface area contributed by atoms with Crippen LogP contribution in [0.3, 0.4) is 0 Å². The molecule has 3 aromatic rings. The summed E-state index contributed by atoms with van der Waals surface area (Å²) < 4.78 is 46.5. The number of hydrogen-bond donors (Lipinski definition) is 0. The van der Waals surface area contributed by atoms with Crippen molar-refractivity contribution in [1.29, 1.82) is 0 Å². The number of aromatic nitrogens is 1. The minimum Gasteiger partial charge on any atom is -0.493 e. The highest BCUT2D eigenvalue weighted by atomic mass is 32.2. The highest BCUT2D eigenvalue weighted by Gasteiger charge is 2.34. The third-order valence-corrected chi connectivity index (χ3v) is 10.8. The number of sulfonamides is 1. The van der Waals surface area contributed by atoms with Gasteiger partial charge in [0.05, 0.1) is 31.9 Å². The Bertz CT molecular complexity index is 1440. The molecule has 1 aromatic heterocycles. The molecule has 1 saturated heterocycles. The number of piperazine rings is 1. The average molecular weight is 616 g/mol. The van der Waals surface area contributed by atoms with Gasteiger partial charge in [-0.1, -0.05) is 53.7 Å². The third-order valence-electron chi connectivity index (χ3n) is 7.84. The van der Waals surface area contributed by atoms with E-state index in [0.29, 0.717) is 60.7 Å². The van der Waals surface area contributed by atoms with E-state index < -0.39 is 10.0 Å². The van der Waals surface area contributed by atoms with E-state index in [1.165, 1.54) is 5.56 Å². The zero-order valence-electron chi connectivity index (χ0n) is 26.4. The summed E-state index contributed by atoms with van der Waals surface area (Å²) in [5.74, 6) is 2.32. The van der Waals surface area contributed by atoms with Crippen LogP contribution in [0, 0.1) is 0 Å². The summed E-state index contributed by atoms with van der Waals surface area (Å²) in [5, 5.41) is 2.96. The van der Waals surface area contributed by atoms with Crippen molar-refractivity contribution < 1.29 is 22.6 Å². The Morgan fingerprint density at radius 2 is 1.36 bits per heavy atom. The van der Waals surface area contributed by atoms with Crippen molar-refractivity contribution in [2.75, 3.05) is 52.4 Å². The van der Waals surface area contributed by atoms with Gasteiger partial charge in [-0.2, -0.15) is 4.31 Å². The molecular formula is C32H45N3O5S2. The summed E-state index contributed by atoms with van der Waals surface area (Å²) in [5.41, 5.74) is 4.97. The zero-order valence-corrected chi connectivity index (χ0v) is 28.0. The maximum Gasteiger partial charge on any atom is 0.243 e. The molecular weight excluding hydrogens is 571 g/mol. The van der Waals surface area contributed by atoms with Gasteiger partial charge in [0.15, 0.2) is 16.6 Å². The number of nitrogens with zero attached hydrogens (tertiary/aromatic N) is 3. The minimum atomic E-state index is -3.66. The van der Waals surface area contributed by atoms with E-state index >= 15 is 0 Å². The molecule has 0 unspecified atom stereocenters. The second-order valence-electron chi connectivity index (χ2n) is 11.7. The summed E-state index contributed by atoms with van der Waals surface area (Å²) >= 11 is 1.58. The fraction of sp³-hybridized carbons (Fsp3) is 0.531. The summed E-state index contributed by atoms with van der Waals surface area (Å²) in [6.45, 7) is 14.7. The molecule has 1 aliphatic rings. The van der Waals surface area contributed by atoms with Crippen LogP contribution in [0.15, 0.2) is 34.5 Å². The van der Waals surface area contributed by atoms with Gasteiger partial charge < -0.3 is 19.1 Å². The number of thiazole rings is 1. The maximum atomic E-state index is 14.2. The molecule has 230 valence electrons. The first-order chi connectivity index (χ1) is 19.9. The van der Waals surface area contributed by atoms with Gasteiger partial charge in [0.25, 0.3) is 0 Å². The number of anilines is 1. The summed E-state index contributed by atoms with van der Waals surface area (Å²) in [6, 6.07) is 8.09. The predicted molar refractivity (Wildman–Crippen MR) is 171 cm³/mol. The second-order valence-corrected chi connectivity index (χ2v) is 14.4. The van der Waals surface area contributed by atoms with E-state index in [-0.39, 0.29) is 11.8 Å². The van der Waals surface area contributed by atoms with Crippen LogP contribution in [0.1, 0.15) is 87.2 Å². The topological polar surface area (TPSA) is 81.2 Å². The smallest absolute Gasteiger partial charge is 0.243 e.